The zero-order valence-corrected chi connectivity index (χ0v) is 23.6. The van der Waals surface area contributed by atoms with Crippen molar-refractivity contribution in [2.45, 2.75) is 65.3 Å². The van der Waals surface area contributed by atoms with E-state index in [-0.39, 0.29) is 42.8 Å². The number of aromatic nitrogens is 3. The van der Waals surface area contributed by atoms with Crippen LogP contribution in [0.1, 0.15) is 49.6 Å². The minimum atomic E-state index is -0.741. The van der Waals surface area contributed by atoms with Crippen LogP contribution in [0.4, 0.5) is 0 Å². The Labute approximate surface area is 235 Å². The smallest absolute Gasteiger partial charge is 0.242 e. The van der Waals surface area contributed by atoms with Crippen molar-refractivity contribution in [1.82, 2.24) is 35.6 Å². The number of hydrogen-bond donors (Lipinski definition) is 3. The maximum absolute atomic E-state index is 13.6. The molecule has 1 aliphatic rings. The Kier molecular flexibility index (Phi) is 9.65. The van der Waals surface area contributed by atoms with Crippen molar-refractivity contribution in [2.75, 3.05) is 13.1 Å². The maximum atomic E-state index is 13.6. The van der Waals surface area contributed by atoms with Crippen molar-refractivity contribution in [3.05, 3.63) is 83.4 Å². The lowest BCUT2D eigenvalue weighted by atomic mass is 10.0. The monoisotopic (exact) mass is 545 g/mol. The van der Waals surface area contributed by atoms with Crippen molar-refractivity contribution in [1.29, 1.82) is 0 Å². The van der Waals surface area contributed by atoms with E-state index in [1.165, 1.54) is 4.68 Å². The van der Waals surface area contributed by atoms with E-state index in [1.807, 2.05) is 79.4 Å². The average Bonchev–Trinajstić information content (AvgIpc) is 3.27. The first kappa shape index (κ1) is 28.9. The lowest BCUT2D eigenvalue weighted by Crippen LogP contribution is -2.53. The topological polar surface area (TPSA) is 121 Å². The maximum Gasteiger partial charge on any atom is 0.242 e. The van der Waals surface area contributed by atoms with E-state index in [9.17, 15) is 14.4 Å². The summed E-state index contributed by atoms with van der Waals surface area (Å²) in [5.41, 5.74) is 2.09. The number of carbonyl (C=O) groups is 3. The van der Waals surface area contributed by atoms with Gasteiger partial charge in [0.1, 0.15) is 18.4 Å². The first-order chi connectivity index (χ1) is 19.2. The van der Waals surface area contributed by atoms with Crippen LogP contribution >= 0.6 is 0 Å². The van der Waals surface area contributed by atoms with Gasteiger partial charge in [-0.2, -0.15) is 5.10 Å². The molecule has 2 heterocycles. The summed E-state index contributed by atoms with van der Waals surface area (Å²) in [6, 6.07) is 18.3. The van der Waals surface area contributed by atoms with E-state index in [1.54, 1.807) is 13.8 Å². The van der Waals surface area contributed by atoms with Crippen molar-refractivity contribution >= 4 is 17.7 Å². The van der Waals surface area contributed by atoms with Gasteiger partial charge in [-0.1, -0.05) is 74.5 Å². The molecule has 3 atom stereocenters. The highest BCUT2D eigenvalue weighted by Gasteiger charge is 2.28. The van der Waals surface area contributed by atoms with Gasteiger partial charge in [-0.15, -0.1) is 0 Å². The van der Waals surface area contributed by atoms with E-state index in [4.69, 9.17) is 0 Å². The van der Waals surface area contributed by atoms with Crippen LogP contribution in [0.3, 0.4) is 0 Å². The third-order valence-electron chi connectivity index (χ3n) is 7.00. The molecule has 0 unspecified atom stereocenters. The summed E-state index contributed by atoms with van der Waals surface area (Å²) in [7, 11) is 0. The molecule has 4 rings (SSSR count). The molecule has 0 spiro atoms. The lowest BCUT2D eigenvalue weighted by Gasteiger charge is -2.31. The standard InChI is InChI=1S/C30H39N7O3/c1-20(2)26-17-36(16-24-13-9-6-10-14-24)18-27(38)33-25(15-23-11-7-5-8-12-23)29-32-22(4)35-37(29)19-28(39)31-21(3)30(40)34-26/h5-14,20-21,25-26H,15-19H2,1-4H3,(H,31,39)(H,33,38)(H,34,40)/t21-,25+,26-/m1/s1. The number of nitrogens with zero attached hydrogens (tertiary/aromatic N) is 4. The number of fused-ring (bicyclic) bond motifs is 1. The average molecular weight is 546 g/mol. The van der Waals surface area contributed by atoms with Crippen LogP contribution < -0.4 is 16.0 Å². The molecule has 0 fully saturated rings. The number of aryl methyl sites for hydroxylation is 1. The van der Waals surface area contributed by atoms with E-state index in [0.717, 1.165) is 11.1 Å². The zero-order valence-electron chi connectivity index (χ0n) is 23.6. The largest absolute Gasteiger partial charge is 0.350 e. The Morgan fingerprint density at radius 3 is 2.15 bits per heavy atom. The number of hydrogen-bond acceptors (Lipinski definition) is 6. The van der Waals surface area contributed by atoms with Crippen LogP contribution in [0.15, 0.2) is 60.7 Å². The van der Waals surface area contributed by atoms with E-state index >= 15 is 0 Å². The molecule has 3 N–H and O–H groups in total. The van der Waals surface area contributed by atoms with Crippen molar-refractivity contribution in [3.8, 4) is 0 Å². The normalized spacial score (nSPS) is 21.5. The molecule has 0 bridgehead atoms. The van der Waals surface area contributed by atoms with Gasteiger partial charge in [-0.25, -0.2) is 9.67 Å². The number of benzene rings is 2. The van der Waals surface area contributed by atoms with Gasteiger partial charge in [0.2, 0.25) is 17.7 Å². The molecule has 10 heteroatoms. The molecule has 3 amide bonds. The minimum absolute atomic E-state index is 0.104. The number of amides is 3. The van der Waals surface area contributed by atoms with Gasteiger partial charge in [-0.05, 0) is 37.3 Å². The van der Waals surface area contributed by atoms with Gasteiger partial charge in [0, 0.05) is 19.1 Å². The van der Waals surface area contributed by atoms with Crippen LogP contribution in [0.5, 0.6) is 0 Å². The first-order valence-electron chi connectivity index (χ1n) is 13.8. The predicted octanol–water partition coefficient (Wildman–Crippen LogP) is 2.15. The van der Waals surface area contributed by atoms with Gasteiger partial charge in [-0.3, -0.25) is 19.3 Å². The molecule has 0 saturated carbocycles. The molecule has 1 aliphatic heterocycles. The lowest BCUT2D eigenvalue weighted by molar-refractivity contribution is -0.129. The zero-order chi connectivity index (χ0) is 28.6. The fourth-order valence-electron chi connectivity index (χ4n) is 4.87. The molecule has 10 nitrogen and oxygen atoms in total. The molecule has 0 saturated heterocycles. The Hall–Kier alpha value is -4.05. The number of carbonyl (C=O) groups excluding carboxylic acids is 3. The number of nitrogens with one attached hydrogen (secondary N) is 3. The highest BCUT2D eigenvalue weighted by atomic mass is 16.2. The molecule has 212 valence electrons. The Morgan fingerprint density at radius 2 is 1.50 bits per heavy atom. The van der Waals surface area contributed by atoms with Gasteiger partial charge in [0.25, 0.3) is 0 Å². The minimum Gasteiger partial charge on any atom is -0.350 e. The van der Waals surface area contributed by atoms with E-state index in [0.29, 0.717) is 31.2 Å². The second-order valence-corrected chi connectivity index (χ2v) is 10.8. The molecule has 3 aromatic rings. The summed E-state index contributed by atoms with van der Waals surface area (Å²) in [4.78, 5) is 46.3. The number of rotatable bonds is 5. The van der Waals surface area contributed by atoms with Crippen LogP contribution in [0.2, 0.25) is 0 Å². The highest BCUT2D eigenvalue weighted by molar-refractivity contribution is 5.87. The fourth-order valence-corrected chi connectivity index (χ4v) is 4.87. The van der Waals surface area contributed by atoms with Crippen LogP contribution in [0, 0.1) is 12.8 Å². The Morgan fingerprint density at radius 1 is 0.875 bits per heavy atom. The molecular weight excluding hydrogens is 506 g/mol. The molecule has 0 aliphatic carbocycles. The van der Waals surface area contributed by atoms with Gasteiger partial charge >= 0.3 is 0 Å². The summed E-state index contributed by atoms with van der Waals surface area (Å²) in [6.07, 6.45) is 0.482. The van der Waals surface area contributed by atoms with E-state index < -0.39 is 12.1 Å². The quantitative estimate of drug-likeness (QED) is 0.452. The van der Waals surface area contributed by atoms with Crippen LogP contribution in [-0.4, -0.2) is 62.6 Å². The summed E-state index contributed by atoms with van der Waals surface area (Å²) < 4.78 is 1.52. The van der Waals surface area contributed by atoms with Crippen LogP contribution in [0.25, 0.3) is 0 Å². The van der Waals surface area contributed by atoms with Crippen molar-refractivity contribution < 1.29 is 14.4 Å². The van der Waals surface area contributed by atoms with Gasteiger partial charge in [0.15, 0.2) is 5.82 Å². The van der Waals surface area contributed by atoms with Crippen molar-refractivity contribution in [2.24, 2.45) is 5.92 Å². The molecule has 40 heavy (non-hydrogen) atoms. The SMILES string of the molecule is Cc1nc2n(n1)CC(=O)N[C@H](C)C(=O)N[C@@H](C(C)C)CN(Cc1ccccc1)CC(=O)N[C@H]2Cc1ccccc1. The molecular formula is C30H39N7O3. The van der Waals surface area contributed by atoms with Crippen molar-refractivity contribution in [3.63, 3.8) is 0 Å². The predicted molar refractivity (Wildman–Crippen MR) is 152 cm³/mol. The summed E-state index contributed by atoms with van der Waals surface area (Å²) in [5, 5.41) is 13.5. The Bertz CT molecular complexity index is 1290. The second kappa shape index (κ2) is 13.3. The third kappa shape index (κ3) is 7.98. The highest BCUT2D eigenvalue weighted by Crippen LogP contribution is 2.18. The third-order valence-corrected chi connectivity index (χ3v) is 7.00. The first-order valence-corrected chi connectivity index (χ1v) is 13.8. The summed E-state index contributed by atoms with van der Waals surface area (Å²) >= 11 is 0. The molecule has 2 aromatic carbocycles. The van der Waals surface area contributed by atoms with Gasteiger partial charge < -0.3 is 16.0 Å². The molecule has 0 radical (unpaired) electrons. The molecule has 1 aromatic heterocycles. The fraction of sp³-hybridized carbons (Fsp3) is 0.433. The Balaban J connectivity index is 1.70. The van der Waals surface area contributed by atoms with Crippen LogP contribution in [-0.2, 0) is 33.9 Å². The second-order valence-electron chi connectivity index (χ2n) is 10.8. The summed E-state index contributed by atoms with van der Waals surface area (Å²) in [5.74, 6) is 0.277. The summed E-state index contributed by atoms with van der Waals surface area (Å²) in [6.45, 7) is 8.49. The van der Waals surface area contributed by atoms with Gasteiger partial charge in [0.05, 0.1) is 12.6 Å². The van der Waals surface area contributed by atoms with E-state index in [2.05, 4.69) is 26.0 Å².